The van der Waals surface area contributed by atoms with Crippen LogP contribution in [-0.2, 0) is 0 Å². The number of para-hydroxylation sites is 2. The van der Waals surface area contributed by atoms with Crippen molar-refractivity contribution in [2.24, 2.45) is 4.99 Å². The first-order chi connectivity index (χ1) is 15.6. The summed E-state index contributed by atoms with van der Waals surface area (Å²) in [6.45, 7) is 6.42. The second-order valence-electron chi connectivity index (χ2n) is 7.50. The molecule has 1 atom stereocenters. The van der Waals surface area contributed by atoms with E-state index >= 15 is 0 Å². The van der Waals surface area contributed by atoms with Crippen LogP contribution in [0.4, 0.5) is 5.69 Å². The molecule has 0 saturated carbocycles. The lowest BCUT2D eigenvalue weighted by Gasteiger charge is -2.38. The molecule has 1 aliphatic heterocycles. The first-order valence-corrected chi connectivity index (χ1v) is 10.9. The summed E-state index contributed by atoms with van der Waals surface area (Å²) in [5.41, 5.74) is 1.82. The molecule has 33 heavy (non-hydrogen) atoms. The van der Waals surface area contributed by atoms with Gasteiger partial charge in [0.1, 0.15) is 17.2 Å². The van der Waals surface area contributed by atoms with E-state index in [1.54, 1.807) is 27.4 Å². The van der Waals surface area contributed by atoms with Crippen molar-refractivity contribution in [1.82, 2.24) is 10.2 Å². The second-order valence-corrected chi connectivity index (χ2v) is 7.50. The normalized spacial score (nSPS) is 14.9. The standard InChI is InChI=1S/C24H34N4O4.HI/c1-5-25-24(26-17-22(29)18-14-19(30-2)16-20(15-18)31-3)28-12-10-27(11-13-28)21-8-6-7-9-23(21)32-4;/h6-9,14-16,22,29H,5,10-13,17H2,1-4H3,(H,25,26);1H. The van der Waals surface area contributed by atoms with E-state index in [1.165, 1.54) is 0 Å². The molecule has 0 spiro atoms. The molecule has 0 bridgehead atoms. The van der Waals surface area contributed by atoms with Gasteiger partial charge >= 0.3 is 0 Å². The third-order valence-corrected chi connectivity index (χ3v) is 5.51. The van der Waals surface area contributed by atoms with E-state index in [0.717, 1.165) is 50.1 Å². The number of nitrogens with zero attached hydrogens (tertiary/aromatic N) is 3. The zero-order chi connectivity index (χ0) is 22.9. The van der Waals surface area contributed by atoms with Crippen molar-refractivity contribution in [3.63, 3.8) is 0 Å². The average molecular weight is 570 g/mol. The third-order valence-electron chi connectivity index (χ3n) is 5.51. The zero-order valence-corrected chi connectivity index (χ0v) is 22.1. The van der Waals surface area contributed by atoms with Crippen LogP contribution in [0, 0.1) is 0 Å². The lowest BCUT2D eigenvalue weighted by atomic mass is 10.1. The molecular formula is C24H35IN4O4. The molecule has 8 nitrogen and oxygen atoms in total. The lowest BCUT2D eigenvalue weighted by Crippen LogP contribution is -2.52. The zero-order valence-electron chi connectivity index (χ0n) is 19.8. The van der Waals surface area contributed by atoms with Gasteiger partial charge < -0.3 is 34.4 Å². The van der Waals surface area contributed by atoms with Gasteiger partial charge in [0.25, 0.3) is 0 Å². The van der Waals surface area contributed by atoms with Crippen molar-refractivity contribution in [3.8, 4) is 17.2 Å². The Kier molecular flexibility index (Phi) is 10.9. The summed E-state index contributed by atoms with van der Waals surface area (Å²) in [6, 6.07) is 13.5. The minimum Gasteiger partial charge on any atom is -0.497 e. The number of ether oxygens (including phenoxy) is 3. The van der Waals surface area contributed by atoms with Crippen molar-refractivity contribution in [1.29, 1.82) is 0 Å². The van der Waals surface area contributed by atoms with E-state index in [2.05, 4.69) is 21.2 Å². The smallest absolute Gasteiger partial charge is 0.194 e. The predicted molar refractivity (Wildman–Crippen MR) is 143 cm³/mol. The van der Waals surface area contributed by atoms with Gasteiger partial charge in [-0.3, -0.25) is 4.99 Å². The van der Waals surface area contributed by atoms with Crippen LogP contribution >= 0.6 is 24.0 Å². The van der Waals surface area contributed by atoms with Gasteiger partial charge in [-0.1, -0.05) is 12.1 Å². The van der Waals surface area contributed by atoms with Gasteiger partial charge in [0.2, 0.25) is 0 Å². The Bertz CT molecular complexity index is 882. The SMILES string of the molecule is CCNC(=NCC(O)c1cc(OC)cc(OC)c1)N1CCN(c2ccccc2OC)CC1.I. The summed E-state index contributed by atoms with van der Waals surface area (Å²) < 4.78 is 16.1. The van der Waals surface area contributed by atoms with Crippen LogP contribution in [0.2, 0.25) is 0 Å². The number of anilines is 1. The van der Waals surface area contributed by atoms with E-state index in [1.807, 2.05) is 37.3 Å². The topological polar surface area (TPSA) is 78.8 Å². The van der Waals surface area contributed by atoms with E-state index in [4.69, 9.17) is 19.2 Å². The molecule has 0 aromatic heterocycles. The molecule has 1 unspecified atom stereocenters. The number of hydrogen-bond acceptors (Lipinski definition) is 6. The van der Waals surface area contributed by atoms with Crippen molar-refractivity contribution < 1.29 is 19.3 Å². The molecule has 9 heteroatoms. The van der Waals surface area contributed by atoms with Gasteiger partial charge in [0, 0.05) is 38.8 Å². The number of hydrogen-bond donors (Lipinski definition) is 2. The number of aliphatic hydroxyl groups excluding tert-OH is 1. The Hall–Kier alpha value is -2.40. The second kappa shape index (κ2) is 13.3. The highest BCUT2D eigenvalue weighted by Gasteiger charge is 2.22. The summed E-state index contributed by atoms with van der Waals surface area (Å²) in [4.78, 5) is 9.27. The monoisotopic (exact) mass is 570 g/mol. The van der Waals surface area contributed by atoms with Crippen LogP contribution in [0.1, 0.15) is 18.6 Å². The molecule has 2 aromatic rings. The summed E-state index contributed by atoms with van der Waals surface area (Å²) in [7, 11) is 4.89. The fourth-order valence-electron chi connectivity index (χ4n) is 3.78. The van der Waals surface area contributed by atoms with Gasteiger partial charge in [-0.2, -0.15) is 0 Å². The highest BCUT2D eigenvalue weighted by atomic mass is 127. The quantitative estimate of drug-likeness (QED) is 0.287. The van der Waals surface area contributed by atoms with E-state index in [9.17, 15) is 5.11 Å². The Morgan fingerprint density at radius 3 is 2.21 bits per heavy atom. The Balaban J connectivity index is 0.00000385. The lowest BCUT2D eigenvalue weighted by molar-refractivity contribution is 0.185. The summed E-state index contributed by atoms with van der Waals surface area (Å²) in [5.74, 6) is 2.97. The number of rotatable bonds is 8. The predicted octanol–water partition coefficient (Wildman–Crippen LogP) is 3.15. The van der Waals surface area contributed by atoms with Crippen LogP contribution in [0.25, 0.3) is 0 Å². The molecule has 182 valence electrons. The van der Waals surface area contributed by atoms with Crippen molar-refractivity contribution in [2.45, 2.75) is 13.0 Å². The number of piperazine rings is 1. The van der Waals surface area contributed by atoms with Crippen LogP contribution < -0.4 is 24.4 Å². The van der Waals surface area contributed by atoms with Gasteiger partial charge in [0.15, 0.2) is 5.96 Å². The fourth-order valence-corrected chi connectivity index (χ4v) is 3.78. The first kappa shape index (κ1) is 26.8. The average Bonchev–Trinajstić information content (AvgIpc) is 2.86. The maximum Gasteiger partial charge on any atom is 0.194 e. The van der Waals surface area contributed by atoms with Crippen LogP contribution in [-0.4, -0.2) is 76.6 Å². The molecular weight excluding hydrogens is 535 g/mol. The number of aliphatic hydroxyl groups is 1. The number of methoxy groups -OCH3 is 3. The molecule has 2 aromatic carbocycles. The largest absolute Gasteiger partial charge is 0.497 e. The molecule has 2 N–H and O–H groups in total. The van der Waals surface area contributed by atoms with Gasteiger partial charge in [0.05, 0.1) is 39.7 Å². The molecule has 1 saturated heterocycles. The van der Waals surface area contributed by atoms with Gasteiger partial charge in [-0.05, 0) is 36.8 Å². The summed E-state index contributed by atoms with van der Waals surface area (Å²) >= 11 is 0. The van der Waals surface area contributed by atoms with E-state index in [-0.39, 0.29) is 30.5 Å². The van der Waals surface area contributed by atoms with Crippen molar-refractivity contribution in [3.05, 3.63) is 48.0 Å². The van der Waals surface area contributed by atoms with Gasteiger partial charge in [-0.25, -0.2) is 0 Å². The molecule has 0 aliphatic carbocycles. The Labute approximate surface area is 213 Å². The maximum absolute atomic E-state index is 10.7. The van der Waals surface area contributed by atoms with Crippen LogP contribution in [0.15, 0.2) is 47.5 Å². The minimum absolute atomic E-state index is 0. The van der Waals surface area contributed by atoms with Crippen molar-refractivity contribution in [2.75, 3.05) is 65.5 Å². The maximum atomic E-state index is 10.7. The fraction of sp³-hybridized carbons (Fsp3) is 0.458. The third kappa shape index (κ3) is 7.04. The van der Waals surface area contributed by atoms with Gasteiger partial charge in [-0.15, -0.1) is 24.0 Å². The first-order valence-electron chi connectivity index (χ1n) is 10.9. The number of nitrogens with one attached hydrogen (secondary N) is 1. The van der Waals surface area contributed by atoms with Crippen LogP contribution in [0.5, 0.6) is 17.2 Å². The highest BCUT2D eigenvalue weighted by Crippen LogP contribution is 2.29. The molecule has 1 heterocycles. The minimum atomic E-state index is -0.762. The number of halogens is 1. The van der Waals surface area contributed by atoms with Crippen molar-refractivity contribution >= 4 is 35.6 Å². The molecule has 3 rings (SSSR count). The van der Waals surface area contributed by atoms with E-state index in [0.29, 0.717) is 17.1 Å². The number of guanidine groups is 1. The molecule has 0 radical (unpaired) electrons. The van der Waals surface area contributed by atoms with E-state index < -0.39 is 6.10 Å². The van der Waals surface area contributed by atoms with Crippen LogP contribution in [0.3, 0.4) is 0 Å². The highest BCUT2D eigenvalue weighted by molar-refractivity contribution is 14.0. The molecule has 1 aliphatic rings. The molecule has 0 amide bonds. The summed E-state index contributed by atoms with van der Waals surface area (Å²) in [6.07, 6.45) is -0.762. The number of benzene rings is 2. The Morgan fingerprint density at radius 1 is 1.00 bits per heavy atom. The number of aliphatic imine (C=N–C) groups is 1. The summed E-state index contributed by atoms with van der Waals surface area (Å²) in [5, 5.41) is 14.1. The molecule has 1 fully saturated rings. The Morgan fingerprint density at radius 2 is 1.64 bits per heavy atom.